The molecule has 0 radical (unpaired) electrons. The fraction of sp³-hybridized carbons (Fsp3) is 0.333. The van der Waals surface area contributed by atoms with Gasteiger partial charge in [0.05, 0.1) is 19.3 Å². The van der Waals surface area contributed by atoms with Gasteiger partial charge in [-0.15, -0.1) is 0 Å². The number of primary amides is 1. The first-order valence-corrected chi connectivity index (χ1v) is 7.61. The molecule has 6 nitrogen and oxygen atoms in total. The third-order valence-electron chi connectivity index (χ3n) is 3.73. The summed E-state index contributed by atoms with van der Waals surface area (Å²) >= 11 is 0. The van der Waals surface area contributed by atoms with Gasteiger partial charge in [-0.25, -0.2) is 4.79 Å². The molecule has 0 bridgehead atoms. The molecular formula is C18H23N3O3. The minimum absolute atomic E-state index is 0.0933. The highest BCUT2D eigenvalue weighted by Crippen LogP contribution is 2.40. The number of ether oxygens (including phenoxy) is 1. The maximum absolute atomic E-state index is 12.0. The van der Waals surface area contributed by atoms with E-state index in [0.717, 1.165) is 11.1 Å². The van der Waals surface area contributed by atoms with Gasteiger partial charge in [0.15, 0.2) is 0 Å². The van der Waals surface area contributed by atoms with Gasteiger partial charge in [-0.3, -0.25) is 9.88 Å². The number of amides is 2. The van der Waals surface area contributed by atoms with Gasteiger partial charge in [0.2, 0.25) is 0 Å². The highest BCUT2D eigenvalue weighted by molar-refractivity contribution is 5.92. The summed E-state index contributed by atoms with van der Waals surface area (Å²) in [7, 11) is 1.52. The standard InChI is InChI=1S/C18H23N3O3/c1-18(2,3)13-8-16(24-4)14(9-15(13)22)21(17(19)23)11-12-6-5-7-20-10-12/h5-10,22H,11H2,1-4H3,(H2,19,23). The molecule has 2 rings (SSSR count). The zero-order chi connectivity index (χ0) is 17.9. The van der Waals surface area contributed by atoms with Crippen molar-refractivity contribution >= 4 is 11.7 Å². The average molecular weight is 329 g/mol. The van der Waals surface area contributed by atoms with E-state index in [-0.39, 0.29) is 17.7 Å². The molecule has 2 aromatic rings. The molecule has 0 unspecified atom stereocenters. The number of pyridine rings is 1. The monoisotopic (exact) mass is 329 g/mol. The number of rotatable bonds is 4. The summed E-state index contributed by atoms with van der Waals surface area (Å²) in [4.78, 5) is 17.3. The molecule has 1 heterocycles. The van der Waals surface area contributed by atoms with Gasteiger partial charge in [-0.2, -0.15) is 0 Å². The Bertz CT molecular complexity index is 724. The molecule has 3 N–H and O–H groups in total. The minimum Gasteiger partial charge on any atom is -0.508 e. The fourth-order valence-corrected chi connectivity index (χ4v) is 2.49. The van der Waals surface area contributed by atoms with E-state index in [1.165, 1.54) is 18.1 Å². The summed E-state index contributed by atoms with van der Waals surface area (Å²) in [5, 5.41) is 10.4. The molecule has 6 heteroatoms. The Morgan fingerprint density at radius 2 is 2.08 bits per heavy atom. The Balaban J connectivity index is 2.50. The Morgan fingerprint density at radius 1 is 1.38 bits per heavy atom. The number of nitrogens with two attached hydrogens (primary N) is 1. The molecule has 0 aliphatic heterocycles. The van der Waals surface area contributed by atoms with E-state index in [2.05, 4.69) is 4.98 Å². The molecule has 1 aromatic heterocycles. The van der Waals surface area contributed by atoms with Crippen LogP contribution in [0.4, 0.5) is 10.5 Å². The maximum Gasteiger partial charge on any atom is 0.319 e. The van der Waals surface area contributed by atoms with Crippen molar-refractivity contribution in [3.63, 3.8) is 0 Å². The van der Waals surface area contributed by atoms with E-state index in [1.807, 2.05) is 26.8 Å². The molecule has 128 valence electrons. The second-order valence-electron chi connectivity index (χ2n) is 6.58. The van der Waals surface area contributed by atoms with Crippen molar-refractivity contribution in [3.8, 4) is 11.5 Å². The Morgan fingerprint density at radius 3 is 2.58 bits per heavy atom. The Labute approximate surface area is 141 Å². The third-order valence-corrected chi connectivity index (χ3v) is 3.73. The molecule has 0 aliphatic rings. The van der Waals surface area contributed by atoms with Crippen LogP contribution in [0, 0.1) is 0 Å². The normalized spacial score (nSPS) is 11.2. The molecule has 0 aliphatic carbocycles. The van der Waals surface area contributed by atoms with Crippen molar-refractivity contribution in [1.82, 2.24) is 4.98 Å². The van der Waals surface area contributed by atoms with Crippen LogP contribution in [-0.4, -0.2) is 23.2 Å². The zero-order valence-electron chi connectivity index (χ0n) is 14.4. The number of benzene rings is 1. The van der Waals surface area contributed by atoms with Gasteiger partial charge >= 0.3 is 6.03 Å². The first-order chi connectivity index (χ1) is 11.2. The highest BCUT2D eigenvalue weighted by Gasteiger charge is 2.24. The molecular weight excluding hydrogens is 306 g/mol. The number of hydrogen-bond donors (Lipinski definition) is 2. The van der Waals surface area contributed by atoms with Crippen LogP contribution in [0.3, 0.4) is 0 Å². The summed E-state index contributed by atoms with van der Waals surface area (Å²) in [6.07, 6.45) is 3.31. The number of phenols is 1. The number of hydrogen-bond acceptors (Lipinski definition) is 4. The van der Waals surface area contributed by atoms with Crippen LogP contribution < -0.4 is 15.4 Å². The maximum atomic E-state index is 12.0. The van der Waals surface area contributed by atoms with Crippen LogP contribution in [0.25, 0.3) is 0 Å². The first kappa shape index (κ1) is 17.6. The fourth-order valence-electron chi connectivity index (χ4n) is 2.49. The lowest BCUT2D eigenvalue weighted by atomic mass is 9.86. The van der Waals surface area contributed by atoms with Crippen molar-refractivity contribution in [2.45, 2.75) is 32.7 Å². The molecule has 0 fully saturated rings. The van der Waals surface area contributed by atoms with Crippen LogP contribution in [0.1, 0.15) is 31.9 Å². The van der Waals surface area contributed by atoms with Gasteiger partial charge in [0, 0.05) is 24.0 Å². The second kappa shape index (κ2) is 6.78. The van der Waals surface area contributed by atoms with Crippen molar-refractivity contribution in [2.75, 3.05) is 12.0 Å². The highest BCUT2D eigenvalue weighted by atomic mass is 16.5. The molecule has 0 saturated heterocycles. The Hall–Kier alpha value is -2.76. The number of methoxy groups -OCH3 is 1. The van der Waals surface area contributed by atoms with E-state index < -0.39 is 6.03 Å². The molecule has 0 saturated carbocycles. The molecule has 24 heavy (non-hydrogen) atoms. The van der Waals surface area contributed by atoms with Gasteiger partial charge in [-0.1, -0.05) is 26.8 Å². The van der Waals surface area contributed by atoms with Crippen LogP contribution >= 0.6 is 0 Å². The molecule has 2 amide bonds. The van der Waals surface area contributed by atoms with Crippen molar-refractivity contribution in [2.24, 2.45) is 5.73 Å². The summed E-state index contributed by atoms with van der Waals surface area (Å²) in [6, 6.07) is 6.25. The first-order valence-electron chi connectivity index (χ1n) is 7.61. The lowest BCUT2D eigenvalue weighted by Crippen LogP contribution is -2.35. The topological polar surface area (TPSA) is 88.7 Å². The second-order valence-corrected chi connectivity index (χ2v) is 6.58. The number of phenolic OH excluding ortho intramolecular Hbond substituents is 1. The largest absolute Gasteiger partial charge is 0.508 e. The average Bonchev–Trinajstić information content (AvgIpc) is 2.52. The minimum atomic E-state index is -0.639. The van der Waals surface area contributed by atoms with Crippen LogP contribution in [-0.2, 0) is 12.0 Å². The van der Waals surface area contributed by atoms with Gasteiger partial charge < -0.3 is 15.6 Å². The number of carbonyl (C=O) groups excluding carboxylic acids is 1. The SMILES string of the molecule is COc1cc(C(C)(C)C)c(O)cc1N(Cc1cccnc1)C(N)=O. The van der Waals surface area contributed by atoms with E-state index >= 15 is 0 Å². The third kappa shape index (κ3) is 3.76. The van der Waals surface area contributed by atoms with Crippen LogP contribution in [0.2, 0.25) is 0 Å². The predicted molar refractivity (Wildman–Crippen MR) is 93.4 cm³/mol. The number of nitrogens with zero attached hydrogens (tertiary/aromatic N) is 2. The van der Waals surface area contributed by atoms with Gasteiger partial charge in [0.25, 0.3) is 0 Å². The smallest absolute Gasteiger partial charge is 0.319 e. The van der Waals surface area contributed by atoms with Gasteiger partial charge in [0.1, 0.15) is 11.5 Å². The van der Waals surface area contributed by atoms with Crippen LogP contribution in [0.15, 0.2) is 36.7 Å². The zero-order valence-corrected chi connectivity index (χ0v) is 14.4. The Kier molecular flexibility index (Phi) is 4.97. The van der Waals surface area contributed by atoms with Crippen molar-refractivity contribution in [3.05, 3.63) is 47.8 Å². The number of aromatic nitrogens is 1. The summed E-state index contributed by atoms with van der Waals surface area (Å²) < 4.78 is 5.43. The van der Waals surface area contributed by atoms with E-state index in [0.29, 0.717) is 11.4 Å². The van der Waals surface area contributed by atoms with E-state index in [4.69, 9.17) is 10.5 Å². The number of anilines is 1. The number of carbonyl (C=O) groups is 1. The van der Waals surface area contributed by atoms with Crippen molar-refractivity contribution in [1.29, 1.82) is 0 Å². The number of aromatic hydroxyl groups is 1. The predicted octanol–water partition coefficient (Wildman–Crippen LogP) is 3.18. The van der Waals surface area contributed by atoms with E-state index in [9.17, 15) is 9.90 Å². The van der Waals surface area contributed by atoms with Crippen LogP contribution in [0.5, 0.6) is 11.5 Å². The lowest BCUT2D eigenvalue weighted by molar-refractivity contribution is 0.253. The molecule has 0 spiro atoms. The van der Waals surface area contributed by atoms with E-state index in [1.54, 1.807) is 24.5 Å². The molecule has 0 atom stereocenters. The quantitative estimate of drug-likeness (QED) is 0.901. The summed E-state index contributed by atoms with van der Waals surface area (Å²) in [6.45, 7) is 6.20. The number of urea groups is 1. The van der Waals surface area contributed by atoms with Crippen molar-refractivity contribution < 1.29 is 14.6 Å². The van der Waals surface area contributed by atoms with Gasteiger partial charge in [-0.05, 0) is 23.1 Å². The lowest BCUT2D eigenvalue weighted by Gasteiger charge is -2.26. The molecule has 1 aromatic carbocycles. The summed E-state index contributed by atoms with van der Waals surface area (Å²) in [5.74, 6) is 0.566. The summed E-state index contributed by atoms with van der Waals surface area (Å²) in [5.41, 5.74) is 7.24.